The number of ether oxygens (including phenoxy) is 3. The van der Waals surface area contributed by atoms with Gasteiger partial charge in [0.2, 0.25) is 5.90 Å². The highest BCUT2D eigenvalue weighted by Gasteiger charge is 2.24. The van der Waals surface area contributed by atoms with Gasteiger partial charge in [0, 0.05) is 10.0 Å². The van der Waals surface area contributed by atoms with Crippen LogP contribution in [0.25, 0.3) is 6.08 Å². The van der Waals surface area contributed by atoms with Gasteiger partial charge < -0.3 is 14.2 Å². The van der Waals surface area contributed by atoms with Gasteiger partial charge in [0.15, 0.2) is 17.2 Å². The van der Waals surface area contributed by atoms with Crippen LogP contribution in [-0.2, 0) is 16.1 Å². The maximum atomic E-state index is 12.3. The molecule has 5 nitrogen and oxygen atoms in total. The molecule has 0 bridgehead atoms. The molecule has 0 amide bonds. The Morgan fingerprint density at radius 2 is 1.74 bits per heavy atom. The number of benzene rings is 3. The number of esters is 1. The molecule has 0 fully saturated rings. The Labute approximate surface area is 189 Å². The summed E-state index contributed by atoms with van der Waals surface area (Å²) in [7, 11) is 1.58. The van der Waals surface area contributed by atoms with E-state index in [1.807, 2.05) is 67.6 Å². The summed E-state index contributed by atoms with van der Waals surface area (Å²) in [4.78, 5) is 16.6. The van der Waals surface area contributed by atoms with Crippen molar-refractivity contribution in [2.45, 2.75) is 13.5 Å². The van der Waals surface area contributed by atoms with Gasteiger partial charge in [0.05, 0.1) is 7.11 Å². The molecule has 3 aromatic carbocycles. The molecule has 0 aromatic heterocycles. The minimum atomic E-state index is -0.481. The van der Waals surface area contributed by atoms with E-state index in [0.717, 1.165) is 26.7 Å². The van der Waals surface area contributed by atoms with Crippen molar-refractivity contribution in [2.75, 3.05) is 7.11 Å². The van der Waals surface area contributed by atoms with Gasteiger partial charge in [-0.15, -0.1) is 0 Å². The van der Waals surface area contributed by atoms with E-state index in [1.54, 1.807) is 19.3 Å². The smallest absolute Gasteiger partial charge is 0.363 e. The summed E-state index contributed by atoms with van der Waals surface area (Å²) in [6.07, 6.45) is 1.67. The zero-order valence-electron chi connectivity index (χ0n) is 17.1. The van der Waals surface area contributed by atoms with E-state index in [-0.39, 0.29) is 5.70 Å². The summed E-state index contributed by atoms with van der Waals surface area (Å²) in [6.45, 7) is 2.41. The Morgan fingerprint density at radius 1 is 1.00 bits per heavy atom. The van der Waals surface area contributed by atoms with Crippen molar-refractivity contribution < 1.29 is 19.0 Å². The number of cyclic esters (lactones) is 1. The standard InChI is InChI=1S/C25H20BrNO4/c1-16-3-8-19(9-4-16)24-27-21(25(28)31-24)13-18-7-12-22(23(14-18)29-2)30-15-17-5-10-20(26)11-6-17/h3-14H,15H2,1-2H3/b21-13-. The van der Waals surface area contributed by atoms with Gasteiger partial charge in [-0.2, -0.15) is 0 Å². The van der Waals surface area contributed by atoms with Crippen LogP contribution >= 0.6 is 15.9 Å². The van der Waals surface area contributed by atoms with Gasteiger partial charge in [-0.1, -0.05) is 51.8 Å². The Morgan fingerprint density at radius 3 is 2.45 bits per heavy atom. The molecule has 0 saturated carbocycles. The molecule has 0 saturated heterocycles. The van der Waals surface area contributed by atoms with Crippen molar-refractivity contribution in [2.24, 2.45) is 4.99 Å². The second-order valence-electron chi connectivity index (χ2n) is 7.03. The Kier molecular flexibility index (Phi) is 6.18. The van der Waals surface area contributed by atoms with Crippen molar-refractivity contribution in [3.05, 3.63) is 99.2 Å². The van der Waals surface area contributed by atoms with E-state index in [0.29, 0.717) is 24.0 Å². The lowest BCUT2D eigenvalue weighted by Crippen LogP contribution is -2.05. The fourth-order valence-electron chi connectivity index (χ4n) is 3.02. The molecule has 1 heterocycles. The molecule has 0 spiro atoms. The molecular formula is C25H20BrNO4. The third-order valence-corrected chi connectivity index (χ3v) is 5.25. The number of aryl methyl sites for hydroxylation is 1. The summed E-state index contributed by atoms with van der Waals surface area (Å²) < 4.78 is 17.7. The minimum absolute atomic E-state index is 0.237. The van der Waals surface area contributed by atoms with Gasteiger partial charge in [-0.25, -0.2) is 9.79 Å². The van der Waals surface area contributed by atoms with Gasteiger partial charge in [0.25, 0.3) is 0 Å². The van der Waals surface area contributed by atoms with Crippen LogP contribution in [0.15, 0.2) is 81.9 Å². The van der Waals surface area contributed by atoms with Crippen LogP contribution in [0.1, 0.15) is 22.3 Å². The fraction of sp³-hybridized carbons (Fsp3) is 0.120. The van der Waals surface area contributed by atoms with Gasteiger partial charge in [0.1, 0.15) is 6.61 Å². The second-order valence-corrected chi connectivity index (χ2v) is 7.94. The first-order chi connectivity index (χ1) is 15.0. The molecule has 6 heteroatoms. The molecule has 31 heavy (non-hydrogen) atoms. The molecule has 4 rings (SSSR count). The third kappa shape index (κ3) is 5.03. The van der Waals surface area contributed by atoms with Crippen molar-refractivity contribution >= 4 is 33.9 Å². The van der Waals surface area contributed by atoms with Crippen LogP contribution in [0.3, 0.4) is 0 Å². The molecule has 156 valence electrons. The average molecular weight is 478 g/mol. The van der Waals surface area contributed by atoms with Gasteiger partial charge in [-0.3, -0.25) is 0 Å². The van der Waals surface area contributed by atoms with Crippen LogP contribution in [0, 0.1) is 6.92 Å². The molecule has 0 aliphatic carbocycles. The molecule has 0 atom stereocenters. The molecule has 0 N–H and O–H groups in total. The highest BCUT2D eigenvalue weighted by Crippen LogP contribution is 2.30. The summed E-state index contributed by atoms with van der Waals surface area (Å²) in [5, 5.41) is 0. The predicted molar refractivity (Wildman–Crippen MR) is 123 cm³/mol. The van der Waals surface area contributed by atoms with Gasteiger partial charge in [-0.05, 0) is 60.5 Å². The molecule has 1 aliphatic rings. The molecule has 0 unspecified atom stereocenters. The minimum Gasteiger partial charge on any atom is -0.493 e. The zero-order valence-corrected chi connectivity index (χ0v) is 18.7. The van der Waals surface area contributed by atoms with Crippen molar-refractivity contribution in [1.29, 1.82) is 0 Å². The van der Waals surface area contributed by atoms with Crippen LogP contribution < -0.4 is 9.47 Å². The number of carbonyl (C=O) groups excluding carboxylic acids is 1. The quantitative estimate of drug-likeness (QED) is 0.338. The Hall–Kier alpha value is -3.38. The zero-order chi connectivity index (χ0) is 21.8. The first-order valence-corrected chi connectivity index (χ1v) is 10.5. The molecular weight excluding hydrogens is 458 g/mol. The lowest BCUT2D eigenvalue weighted by Gasteiger charge is -2.11. The predicted octanol–water partition coefficient (Wildman–Crippen LogP) is 5.69. The van der Waals surface area contributed by atoms with E-state index in [1.165, 1.54) is 0 Å². The van der Waals surface area contributed by atoms with E-state index in [9.17, 15) is 4.79 Å². The maximum absolute atomic E-state index is 12.3. The number of methoxy groups -OCH3 is 1. The molecule has 0 radical (unpaired) electrons. The number of carbonyl (C=O) groups is 1. The van der Waals surface area contributed by atoms with Crippen molar-refractivity contribution in [3.63, 3.8) is 0 Å². The molecule has 1 aliphatic heterocycles. The van der Waals surface area contributed by atoms with E-state index < -0.39 is 5.97 Å². The first kappa shape index (κ1) is 20.9. The van der Waals surface area contributed by atoms with Crippen molar-refractivity contribution in [3.8, 4) is 11.5 Å². The monoisotopic (exact) mass is 477 g/mol. The second kappa shape index (κ2) is 9.18. The maximum Gasteiger partial charge on any atom is 0.363 e. The van der Waals surface area contributed by atoms with E-state index in [2.05, 4.69) is 20.9 Å². The Bertz CT molecular complexity index is 1170. The van der Waals surface area contributed by atoms with E-state index in [4.69, 9.17) is 14.2 Å². The number of halogens is 1. The molecule has 3 aromatic rings. The number of hydrogen-bond acceptors (Lipinski definition) is 5. The van der Waals surface area contributed by atoms with Crippen LogP contribution in [-0.4, -0.2) is 19.0 Å². The largest absolute Gasteiger partial charge is 0.493 e. The van der Waals surface area contributed by atoms with Gasteiger partial charge >= 0.3 is 5.97 Å². The highest BCUT2D eigenvalue weighted by atomic mass is 79.9. The topological polar surface area (TPSA) is 57.1 Å². The number of hydrogen-bond donors (Lipinski definition) is 0. The van der Waals surface area contributed by atoms with E-state index >= 15 is 0 Å². The third-order valence-electron chi connectivity index (χ3n) is 4.72. The van der Waals surface area contributed by atoms with Crippen LogP contribution in [0.5, 0.6) is 11.5 Å². The van der Waals surface area contributed by atoms with Crippen LogP contribution in [0.4, 0.5) is 0 Å². The van der Waals surface area contributed by atoms with Crippen molar-refractivity contribution in [1.82, 2.24) is 0 Å². The fourth-order valence-corrected chi connectivity index (χ4v) is 3.29. The number of aliphatic imine (C=N–C) groups is 1. The SMILES string of the molecule is COc1cc(/C=C2\N=C(c3ccc(C)cc3)OC2=O)ccc1OCc1ccc(Br)cc1. The summed E-state index contributed by atoms with van der Waals surface area (Å²) >= 11 is 3.42. The number of rotatable bonds is 6. The first-order valence-electron chi connectivity index (χ1n) is 9.67. The number of nitrogens with zero attached hydrogens (tertiary/aromatic N) is 1. The lowest BCUT2D eigenvalue weighted by atomic mass is 10.1. The summed E-state index contributed by atoms with van der Waals surface area (Å²) in [5.41, 5.74) is 3.92. The lowest BCUT2D eigenvalue weighted by molar-refractivity contribution is -0.129. The van der Waals surface area contributed by atoms with Crippen LogP contribution in [0.2, 0.25) is 0 Å². The summed E-state index contributed by atoms with van der Waals surface area (Å²) in [5.74, 6) is 1.01. The highest BCUT2D eigenvalue weighted by molar-refractivity contribution is 9.10. The average Bonchev–Trinajstić information content (AvgIpc) is 3.14. The summed E-state index contributed by atoms with van der Waals surface area (Å²) in [6, 6.07) is 21.0. The normalized spacial score (nSPS) is 14.4. The Balaban J connectivity index is 1.52.